The van der Waals surface area contributed by atoms with Crippen molar-refractivity contribution in [1.29, 1.82) is 0 Å². The van der Waals surface area contributed by atoms with Gasteiger partial charge in [0.05, 0.1) is 0 Å². The monoisotopic (exact) mass is 219 g/mol. The van der Waals surface area contributed by atoms with Gasteiger partial charge in [-0.05, 0) is 0 Å². The lowest BCUT2D eigenvalue weighted by Gasteiger charge is -1.96. The van der Waals surface area contributed by atoms with Crippen LogP contribution in [0.5, 0.6) is 0 Å². The molecule has 1 rings (SSSR count). The van der Waals surface area contributed by atoms with Gasteiger partial charge in [-0.1, -0.05) is 0 Å². The number of carboxylic acid groups (broad SMARTS) is 1. The van der Waals surface area contributed by atoms with Crippen LogP contribution in [-0.4, -0.2) is 22.1 Å². The first kappa shape index (κ1) is 9.75. The molecule has 0 saturated carbocycles. The molecular formula is C6H5NO4S2. The number of aliphatic hydroxyl groups is 1. The Balaban J connectivity index is 3.31. The summed E-state index contributed by atoms with van der Waals surface area (Å²) in [5, 5.41) is 17.0. The molecule has 70 valence electrons. The van der Waals surface area contributed by atoms with Crippen molar-refractivity contribution < 1.29 is 19.8 Å². The third-order valence-electron chi connectivity index (χ3n) is 1.16. The Morgan fingerprint density at radius 3 is 2.23 bits per heavy atom. The molecule has 1 heterocycles. The van der Waals surface area contributed by atoms with Gasteiger partial charge in [0.15, 0.2) is 5.57 Å². The van der Waals surface area contributed by atoms with Crippen LogP contribution in [0.3, 0.4) is 0 Å². The Hall–Kier alpha value is -1.34. The van der Waals surface area contributed by atoms with E-state index < -0.39 is 17.4 Å². The topological polar surface area (TPSA) is 101 Å². The van der Waals surface area contributed by atoms with E-state index in [0.717, 1.165) is 28.9 Å². The summed E-state index contributed by atoms with van der Waals surface area (Å²) in [5.41, 5.74) is 4.42. The minimum Gasteiger partial charge on any atom is -0.513 e. The average Bonchev–Trinajstić information content (AvgIpc) is 1.93. The van der Waals surface area contributed by atoms with Gasteiger partial charge in [0.25, 0.3) is 5.91 Å². The predicted molar refractivity (Wildman–Crippen MR) is 48.8 cm³/mol. The molecular weight excluding hydrogens is 214 g/mol. The predicted octanol–water partition coefficient (Wildman–Crippen LogP) is -1.17. The Bertz CT molecular complexity index is 421. The van der Waals surface area contributed by atoms with Crippen LogP contribution in [0.15, 0.2) is 0 Å². The van der Waals surface area contributed by atoms with E-state index in [1.165, 1.54) is 0 Å². The van der Waals surface area contributed by atoms with E-state index >= 15 is 0 Å². The quantitative estimate of drug-likeness (QED) is 0.545. The zero-order valence-corrected chi connectivity index (χ0v) is 7.82. The summed E-state index contributed by atoms with van der Waals surface area (Å²) in [4.78, 5) is 21.1. The summed E-state index contributed by atoms with van der Waals surface area (Å²) in [6.45, 7) is 0. The fraction of sp³-hybridized carbons (Fsp3) is 0. The highest BCUT2D eigenvalue weighted by Crippen LogP contribution is 1.97. The summed E-state index contributed by atoms with van der Waals surface area (Å²) in [6.07, 6.45) is 0.847. The maximum atomic E-state index is 10.6. The lowest BCUT2D eigenvalue weighted by molar-refractivity contribution is -0.131. The average molecular weight is 219 g/mol. The van der Waals surface area contributed by atoms with Crippen molar-refractivity contribution in [3.8, 4) is 0 Å². The molecule has 7 heteroatoms. The molecule has 0 aromatic carbocycles. The van der Waals surface area contributed by atoms with Gasteiger partial charge in [0, 0.05) is 0 Å². The molecule has 0 saturated heterocycles. The second-order valence-electron chi connectivity index (χ2n) is 1.98. The number of primary amides is 1. The van der Waals surface area contributed by atoms with Crippen molar-refractivity contribution in [3.63, 3.8) is 0 Å². The lowest BCUT2D eigenvalue weighted by atomic mass is 10.3. The van der Waals surface area contributed by atoms with Crippen molar-refractivity contribution in [2.45, 2.75) is 0 Å². The van der Waals surface area contributed by atoms with Crippen LogP contribution in [0.25, 0.3) is 11.8 Å². The molecule has 0 radical (unpaired) electrons. The number of nitrogens with two attached hydrogens (primary N) is 1. The number of hydrogen-bond donors (Lipinski definition) is 3. The second-order valence-corrected chi connectivity index (χ2v) is 4.61. The maximum Gasteiger partial charge on any atom is 0.343 e. The molecule has 0 aliphatic heterocycles. The number of rotatable bonds is 2. The van der Waals surface area contributed by atoms with Crippen LogP contribution >= 0.6 is 22.7 Å². The molecule has 0 bridgehead atoms. The maximum absolute atomic E-state index is 10.6. The van der Waals surface area contributed by atoms with E-state index in [9.17, 15) is 9.59 Å². The van der Waals surface area contributed by atoms with E-state index in [0.29, 0.717) is 7.69 Å². The van der Waals surface area contributed by atoms with Crippen LogP contribution in [0.4, 0.5) is 0 Å². The molecule has 0 aliphatic carbocycles. The summed E-state index contributed by atoms with van der Waals surface area (Å²) in [6, 6.07) is 0. The van der Waals surface area contributed by atoms with Gasteiger partial charge in [-0.15, -0.1) is 22.7 Å². The summed E-state index contributed by atoms with van der Waals surface area (Å²) < 4.78 is 0.843. The number of aliphatic carboxylic acids is 1. The number of carboxylic acids is 1. The Kier molecular flexibility index (Phi) is 2.69. The number of amides is 1. The molecule has 0 fully saturated rings. The smallest absolute Gasteiger partial charge is 0.343 e. The van der Waals surface area contributed by atoms with Gasteiger partial charge in [-0.25, -0.2) is 4.79 Å². The molecule has 0 unspecified atom stereocenters. The van der Waals surface area contributed by atoms with E-state index in [1.54, 1.807) is 0 Å². The minimum absolute atomic E-state index is 0.306. The van der Waals surface area contributed by atoms with Crippen LogP contribution in [0.1, 0.15) is 0 Å². The normalized spacial score (nSPS) is 9.54. The molecule has 4 N–H and O–H groups in total. The zero-order valence-electron chi connectivity index (χ0n) is 6.18. The highest BCUT2D eigenvalue weighted by atomic mass is 32.2. The van der Waals surface area contributed by atoms with E-state index in [2.05, 4.69) is 0 Å². The number of carbonyl (C=O) groups excluding carboxylic acids is 1. The lowest BCUT2D eigenvalue weighted by Crippen LogP contribution is -2.27. The van der Waals surface area contributed by atoms with Crippen molar-refractivity contribution >= 4 is 46.4 Å². The van der Waals surface area contributed by atoms with E-state index in [-0.39, 0.29) is 0 Å². The molecule has 0 aliphatic rings. The molecule has 1 aromatic rings. The zero-order chi connectivity index (χ0) is 10.0. The molecule has 1 aromatic heterocycles. The van der Waals surface area contributed by atoms with Crippen molar-refractivity contribution in [2.75, 3.05) is 0 Å². The first-order chi connectivity index (χ1) is 6.06. The first-order valence-corrected chi connectivity index (χ1v) is 4.67. The second kappa shape index (κ2) is 3.58. The van der Waals surface area contributed by atoms with Gasteiger partial charge < -0.3 is 15.9 Å². The largest absolute Gasteiger partial charge is 0.513 e. The third kappa shape index (κ3) is 1.87. The summed E-state index contributed by atoms with van der Waals surface area (Å²) in [7, 11) is 0. The van der Waals surface area contributed by atoms with Crippen molar-refractivity contribution in [3.05, 3.63) is 7.69 Å². The molecule has 13 heavy (non-hydrogen) atoms. The van der Waals surface area contributed by atoms with Gasteiger partial charge in [0.2, 0.25) is 0 Å². The van der Waals surface area contributed by atoms with E-state index in [4.69, 9.17) is 15.9 Å². The van der Waals surface area contributed by atoms with Crippen LogP contribution in [0.2, 0.25) is 0 Å². The number of carbonyl (C=O) groups is 2. The molecule has 0 spiro atoms. The number of aliphatic hydroxyl groups excluding tert-OH is 1. The highest BCUT2D eigenvalue weighted by molar-refractivity contribution is 7.36. The first-order valence-electron chi connectivity index (χ1n) is 3.03. The SMILES string of the molecule is NC(=O)C(C(=O)O)=c1sc(=CO)s1. The molecule has 1 amide bonds. The van der Waals surface area contributed by atoms with Crippen molar-refractivity contribution in [2.24, 2.45) is 5.73 Å². The van der Waals surface area contributed by atoms with Gasteiger partial charge >= 0.3 is 5.97 Å². The molecule has 5 nitrogen and oxygen atoms in total. The highest BCUT2D eigenvalue weighted by Gasteiger charge is 2.17. The summed E-state index contributed by atoms with van der Waals surface area (Å²) in [5.74, 6) is -2.32. The summed E-state index contributed by atoms with van der Waals surface area (Å²) >= 11 is 2.02. The Labute approximate surface area is 80.0 Å². The number of hydrogen-bond acceptors (Lipinski definition) is 5. The van der Waals surface area contributed by atoms with Crippen molar-refractivity contribution in [1.82, 2.24) is 0 Å². The standard InChI is InChI=1S/C6H5NO4S2/c7-4(9)3(5(10)11)6-12-2(1-8)13-6/h1,8H,(H2,7,9)(H,10,11). The Morgan fingerprint density at radius 2 is 1.92 bits per heavy atom. The fourth-order valence-corrected chi connectivity index (χ4v) is 2.49. The van der Waals surface area contributed by atoms with Crippen LogP contribution in [-0.2, 0) is 9.59 Å². The van der Waals surface area contributed by atoms with Gasteiger partial charge in [-0.2, -0.15) is 0 Å². The van der Waals surface area contributed by atoms with Gasteiger partial charge in [0.1, 0.15) is 14.0 Å². The Morgan fingerprint density at radius 1 is 1.38 bits per heavy atom. The van der Waals surface area contributed by atoms with Gasteiger partial charge in [-0.3, -0.25) is 4.79 Å². The van der Waals surface area contributed by atoms with E-state index in [1.807, 2.05) is 0 Å². The fourth-order valence-electron chi connectivity index (χ4n) is 0.638. The third-order valence-corrected chi connectivity index (χ3v) is 3.55. The van der Waals surface area contributed by atoms with Crippen LogP contribution < -0.4 is 13.4 Å². The minimum atomic E-state index is -1.35. The molecule has 0 atom stereocenters. The van der Waals surface area contributed by atoms with Crippen LogP contribution in [0, 0.1) is 0 Å².